The molecule has 0 heterocycles. The number of rotatable bonds is 6. The summed E-state index contributed by atoms with van der Waals surface area (Å²) < 4.78 is 0. The maximum atomic E-state index is 11.5. The summed E-state index contributed by atoms with van der Waals surface area (Å²) in [6, 6.07) is 6.51. The molecule has 0 aliphatic rings. The van der Waals surface area contributed by atoms with Crippen LogP contribution >= 0.6 is 11.6 Å². The second kappa shape index (κ2) is 7.63. The van der Waals surface area contributed by atoms with Gasteiger partial charge in [-0.15, -0.1) is 0 Å². The van der Waals surface area contributed by atoms with E-state index in [2.05, 4.69) is 10.6 Å². The van der Waals surface area contributed by atoms with Gasteiger partial charge in [0, 0.05) is 17.3 Å². The fraction of sp³-hybridized carbons (Fsp3) is 0.385. The Balaban J connectivity index is 2.23. The van der Waals surface area contributed by atoms with Crippen molar-refractivity contribution in [2.24, 2.45) is 5.92 Å². The van der Waals surface area contributed by atoms with Crippen LogP contribution in [0.25, 0.3) is 0 Å². The van der Waals surface area contributed by atoms with Gasteiger partial charge in [0.15, 0.2) is 0 Å². The molecule has 2 amide bonds. The first kappa shape index (κ1) is 15.3. The van der Waals surface area contributed by atoms with Gasteiger partial charge < -0.3 is 15.7 Å². The first-order chi connectivity index (χ1) is 8.99. The lowest BCUT2D eigenvalue weighted by Gasteiger charge is -2.09. The summed E-state index contributed by atoms with van der Waals surface area (Å²) in [6.45, 7) is 2.08. The Labute approximate surface area is 117 Å². The zero-order valence-electron chi connectivity index (χ0n) is 10.6. The number of halogens is 1. The second-order valence-corrected chi connectivity index (χ2v) is 4.71. The van der Waals surface area contributed by atoms with Crippen molar-refractivity contribution in [2.75, 3.05) is 11.9 Å². The number of carboxylic acid groups (broad SMARTS) is 1. The fourth-order valence-corrected chi connectivity index (χ4v) is 1.67. The van der Waals surface area contributed by atoms with E-state index in [-0.39, 0.29) is 6.03 Å². The third-order valence-corrected chi connectivity index (χ3v) is 2.84. The fourth-order valence-electron chi connectivity index (χ4n) is 1.48. The smallest absolute Gasteiger partial charge is 0.319 e. The molecule has 0 aliphatic heterocycles. The summed E-state index contributed by atoms with van der Waals surface area (Å²) in [5.74, 6) is -1.21. The predicted octanol–water partition coefficient (Wildman–Crippen LogP) is 2.96. The third-order valence-electron chi connectivity index (χ3n) is 2.60. The topological polar surface area (TPSA) is 78.4 Å². The van der Waals surface area contributed by atoms with Crippen molar-refractivity contribution in [2.45, 2.75) is 19.8 Å². The van der Waals surface area contributed by atoms with E-state index in [9.17, 15) is 9.59 Å². The number of urea groups is 1. The molecule has 1 aromatic carbocycles. The Morgan fingerprint density at radius 3 is 2.79 bits per heavy atom. The standard InChI is InChI=1S/C13H17ClN2O3/c1-9(12(17)18)4-3-7-15-13(19)16-11-6-2-5-10(14)8-11/h2,5-6,8-9H,3-4,7H2,1H3,(H,17,18)(H2,15,16,19). The number of hydrogen-bond donors (Lipinski definition) is 3. The molecule has 1 aromatic rings. The van der Waals surface area contributed by atoms with Crippen LogP contribution in [0.1, 0.15) is 19.8 Å². The number of carbonyl (C=O) groups is 2. The van der Waals surface area contributed by atoms with E-state index in [4.69, 9.17) is 16.7 Å². The molecule has 0 saturated carbocycles. The Kier molecular flexibility index (Phi) is 6.15. The van der Waals surface area contributed by atoms with Crippen LogP contribution in [0.2, 0.25) is 5.02 Å². The highest BCUT2D eigenvalue weighted by atomic mass is 35.5. The Hall–Kier alpha value is -1.75. The molecule has 1 unspecified atom stereocenters. The zero-order chi connectivity index (χ0) is 14.3. The molecule has 0 spiro atoms. The largest absolute Gasteiger partial charge is 0.481 e. The first-order valence-electron chi connectivity index (χ1n) is 6.02. The van der Waals surface area contributed by atoms with Gasteiger partial charge in [-0.05, 0) is 31.0 Å². The van der Waals surface area contributed by atoms with Crippen LogP contribution in [0.3, 0.4) is 0 Å². The Bertz CT molecular complexity index is 451. The highest BCUT2D eigenvalue weighted by Crippen LogP contribution is 2.14. The zero-order valence-corrected chi connectivity index (χ0v) is 11.4. The summed E-state index contributed by atoms with van der Waals surface area (Å²) in [4.78, 5) is 22.1. The molecule has 0 aromatic heterocycles. The van der Waals surface area contributed by atoms with Gasteiger partial charge in [-0.1, -0.05) is 24.6 Å². The Morgan fingerprint density at radius 2 is 2.16 bits per heavy atom. The van der Waals surface area contributed by atoms with E-state index in [1.807, 2.05) is 0 Å². The van der Waals surface area contributed by atoms with Gasteiger partial charge >= 0.3 is 12.0 Å². The molecular weight excluding hydrogens is 268 g/mol. The van der Waals surface area contributed by atoms with Crippen LogP contribution in [0.5, 0.6) is 0 Å². The van der Waals surface area contributed by atoms with Gasteiger partial charge in [-0.2, -0.15) is 0 Å². The van der Waals surface area contributed by atoms with Gasteiger partial charge in [0.1, 0.15) is 0 Å². The third kappa shape index (κ3) is 6.10. The number of anilines is 1. The number of hydrogen-bond acceptors (Lipinski definition) is 2. The van der Waals surface area contributed by atoms with Crippen molar-refractivity contribution >= 4 is 29.3 Å². The van der Waals surface area contributed by atoms with E-state index in [1.54, 1.807) is 31.2 Å². The molecule has 0 bridgehead atoms. The lowest BCUT2D eigenvalue weighted by Crippen LogP contribution is -2.29. The molecule has 0 aliphatic carbocycles. The summed E-state index contributed by atoms with van der Waals surface area (Å²) in [6.07, 6.45) is 1.16. The number of benzene rings is 1. The molecular formula is C13H17ClN2O3. The summed E-state index contributed by atoms with van der Waals surface area (Å²) in [5, 5.41) is 14.5. The molecule has 104 valence electrons. The van der Waals surface area contributed by atoms with Gasteiger partial charge in [0.25, 0.3) is 0 Å². The average molecular weight is 285 g/mol. The Morgan fingerprint density at radius 1 is 1.42 bits per heavy atom. The van der Waals surface area contributed by atoms with Gasteiger partial charge in [0.05, 0.1) is 5.92 Å². The van der Waals surface area contributed by atoms with Crippen molar-refractivity contribution < 1.29 is 14.7 Å². The van der Waals surface area contributed by atoms with E-state index >= 15 is 0 Å². The van der Waals surface area contributed by atoms with Crippen LogP contribution in [0.15, 0.2) is 24.3 Å². The van der Waals surface area contributed by atoms with Crippen molar-refractivity contribution in [3.05, 3.63) is 29.3 Å². The molecule has 6 heteroatoms. The normalized spacial score (nSPS) is 11.7. The first-order valence-corrected chi connectivity index (χ1v) is 6.40. The van der Waals surface area contributed by atoms with Gasteiger partial charge in [-0.25, -0.2) is 4.79 Å². The van der Waals surface area contributed by atoms with Crippen LogP contribution in [0.4, 0.5) is 10.5 Å². The van der Waals surface area contributed by atoms with Crippen LogP contribution in [-0.4, -0.2) is 23.7 Å². The highest BCUT2D eigenvalue weighted by Gasteiger charge is 2.10. The summed E-state index contributed by atoms with van der Waals surface area (Å²) >= 11 is 5.79. The maximum absolute atomic E-state index is 11.5. The molecule has 19 heavy (non-hydrogen) atoms. The van der Waals surface area contributed by atoms with Gasteiger partial charge in [0.2, 0.25) is 0 Å². The number of carbonyl (C=O) groups excluding carboxylic acids is 1. The monoisotopic (exact) mass is 284 g/mol. The molecule has 1 atom stereocenters. The number of nitrogens with one attached hydrogen (secondary N) is 2. The SMILES string of the molecule is CC(CCCNC(=O)Nc1cccc(Cl)c1)C(=O)O. The predicted molar refractivity (Wildman–Crippen MR) is 74.5 cm³/mol. The molecule has 5 nitrogen and oxygen atoms in total. The van der Waals surface area contributed by atoms with E-state index < -0.39 is 11.9 Å². The lowest BCUT2D eigenvalue weighted by atomic mass is 10.1. The van der Waals surface area contributed by atoms with Crippen molar-refractivity contribution in [3.63, 3.8) is 0 Å². The quantitative estimate of drug-likeness (QED) is 0.703. The summed E-state index contributed by atoms with van der Waals surface area (Å²) in [5.41, 5.74) is 0.615. The van der Waals surface area contributed by atoms with Gasteiger partial charge in [-0.3, -0.25) is 4.79 Å². The van der Waals surface area contributed by atoms with E-state index in [0.29, 0.717) is 30.1 Å². The average Bonchev–Trinajstić information content (AvgIpc) is 2.34. The molecule has 0 fully saturated rings. The van der Waals surface area contributed by atoms with Crippen LogP contribution < -0.4 is 10.6 Å². The minimum Gasteiger partial charge on any atom is -0.481 e. The highest BCUT2D eigenvalue weighted by molar-refractivity contribution is 6.30. The summed E-state index contributed by atoms with van der Waals surface area (Å²) in [7, 11) is 0. The lowest BCUT2D eigenvalue weighted by molar-refractivity contribution is -0.141. The van der Waals surface area contributed by atoms with Crippen LogP contribution in [-0.2, 0) is 4.79 Å². The van der Waals surface area contributed by atoms with Crippen molar-refractivity contribution in [3.8, 4) is 0 Å². The molecule has 3 N–H and O–H groups in total. The number of aliphatic carboxylic acids is 1. The van der Waals surface area contributed by atoms with Crippen molar-refractivity contribution in [1.82, 2.24) is 5.32 Å². The second-order valence-electron chi connectivity index (χ2n) is 4.27. The van der Waals surface area contributed by atoms with E-state index in [1.165, 1.54) is 0 Å². The molecule has 0 saturated heterocycles. The minimum absolute atomic E-state index is 0.328. The minimum atomic E-state index is -0.816. The van der Waals surface area contributed by atoms with Crippen molar-refractivity contribution in [1.29, 1.82) is 0 Å². The number of carboxylic acids is 1. The van der Waals surface area contributed by atoms with Crippen LogP contribution in [0, 0.1) is 5.92 Å². The van der Waals surface area contributed by atoms with E-state index in [0.717, 1.165) is 0 Å². The maximum Gasteiger partial charge on any atom is 0.319 e. The number of amides is 2. The molecule has 1 rings (SSSR count). The molecule has 0 radical (unpaired) electrons.